The fourth-order valence-corrected chi connectivity index (χ4v) is 2.86. The van der Waals surface area contributed by atoms with Crippen molar-refractivity contribution in [2.75, 3.05) is 16.8 Å². The number of aromatic nitrogens is 1. The van der Waals surface area contributed by atoms with E-state index in [9.17, 15) is 4.79 Å². The minimum Gasteiger partial charge on any atom is -0.380 e. The molecule has 0 radical (unpaired) electrons. The van der Waals surface area contributed by atoms with E-state index in [0.29, 0.717) is 18.8 Å². The molecule has 0 unspecified atom stereocenters. The van der Waals surface area contributed by atoms with Crippen LogP contribution in [0.15, 0.2) is 72.9 Å². The largest absolute Gasteiger partial charge is 0.380 e. The van der Waals surface area contributed by atoms with Crippen molar-refractivity contribution in [3.8, 4) is 0 Å². The molecule has 0 atom stereocenters. The average Bonchev–Trinajstić information content (AvgIpc) is 2.69. The molecule has 132 valence electrons. The second kappa shape index (κ2) is 8.50. The second-order valence-electron chi connectivity index (χ2n) is 5.76. The number of hydrogen-bond acceptors (Lipinski definition) is 3. The highest BCUT2D eigenvalue weighted by Gasteiger charge is 2.17. The lowest BCUT2D eigenvalue weighted by molar-refractivity contribution is 0.0983. The van der Waals surface area contributed by atoms with Gasteiger partial charge in [-0.05, 0) is 42.8 Å². The first-order valence-electron chi connectivity index (χ1n) is 8.49. The zero-order valence-electron chi connectivity index (χ0n) is 14.5. The van der Waals surface area contributed by atoms with E-state index in [1.807, 2.05) is 67.6 Å². The molecule has 1 amide bonds. The Morgan fingerprint density at radius 1 is 1.04 bits per heavy atom. The number of nitrogens with one attached hydrogen (secondary N) is 1. The molecule has 0 fully saturated rings. The first-order chi connectivity index (χ1) is 12.7. The normalized spacial score (nSPS) is 10.4. The number of para-hydroxylation sites is 1. The van der Waals surface area contributed by atoms with Gasteiger partial charge >= 0.3 is 0 Å². The highest BCUT2D eigenvalue weighted by Crippen LogP contribution is 2.18. The molecule has 1 heterocycles. The average molecular weight is 366 g/mol. The SMILES string of the molecule is CCN(C(=O)c1ccc(NCc2ccccc2Cl)cn1)c1ccccc1. The molecular weight excluding hydrogens is 346 g/mol. The molecule has 0 aliphatic heterocycles. The number of anilines is 2. The third kappa shape index (κ3) is 4.21. The fraction of sp³-hybridized carbons (Fsp3) is 0.143. The summed E-state index contributed by atoms with van der Waals surface area (Å²) in [6.07, 6.45) is 1.67. The summed E-state index contributed by atoms with van der Waals surface area (Å²) in [6, 6.07) is 20.9. The third-order valence-electron chi connectivity index (χ3n) is 4.05. The summed E-state index contributed by atoms with van der Waals surface area (Å²) in [5.74, 6) is -0.114. The van der Waals surface area contributed by atoms with Crippen LogP contribution in [-0.2, 0) is 6.54 Å². The van der Waals surface area contributed by atoms with Crippen LogP contribution in [0.1, 0.15) is 23.0 Å². The Hall–Kier alpha value is -2.85. The molecular formula is C21H20ClN3O. The predicted molar refractivity (Wildman–Crippen MR) is 107 cm³/mol. The van der Waals surface area contributed by atoms with E-state index < -0.39 is 0 Å². The highest BCUT2D eigenvalue weighted by molar-refractivity contribution is 6.31. The van der Waals surface area contributed by atoms with E-state index in [-0.39, 0.29) is 5.91 Å². The Bertz CT molecular complexity index is 866. The maximum Gasteiger partial charge on any atom is 0.276 e. The van der Waals surface area contributed by atoms with Crippen molar-refractivity contribution in [1.29, 1.82) is 0 Å². The number of pyridine rings is 1. The molecule has 0 aliphatic carbocycles. The van der Waals surface area contributed by atoms with Crippen LogP contribution < -0.4 is 10.2 Å². The standard InChI is InChI=1S/C21H20ClN3O/c1-2-25(18-9-4-3-5-10-18)21(26)20-13-12-17(15-24-20)23-14-16-8-6-7-11-19(16)22/h3-13,15,23H,2,14H2,1H3. The summed E-state index contributed by atoms with van der Waals surface area (Å²) < 4.78 is 0. The van der Waals surface area contributed by atoms with Crippen molar-refractivity contribution in [3.63, 3.8) is 0 Å². The van der Waals surface area contributed by atoms with Crippen molar-refractivity contribution in [1.82, 2.24) is 4.98 Å². The van der Waals surface area contributed by atoms with Crippen molar-refractivity contribution in [2.45, 2.75) is 13.5 Å². The van der Waals surface area contributed by atoms with Crippen LogP contribution in [0.5, 0.6) is 0 Å². The predicted octanol–water partition coefficient (Wildman–Crippen LogP) is 5.01. The summed E-state index contributed by atoms with van der Waals surface area (Å²) in [5.41, 5.74) is 3.13. The first kappa shape index (κ1) is 18.0. The monoisotopic (exact) mass is 365 g/mol. The quantitative estimate of drug-likeness (QED) is 0.667. The molecule has 3 rings (SSSR count). The van der Waals surface area contributed by atoms with Gasteiger partial charge in [-0.15, -0.1) is 0 Å². The van der Waals surface area contributed by atoms with E-state index in [1.165, 1.54) is 0 Å². The molecule has 1 aromatic heterocycles. The lowest BCUT2D eigenvalue weighted by atomic mass is 10.2. The van der Waals surface area contributed by atoms with Crippen LogP contribution >= 0.6 is 11.6 Å². The van der Waals surface area contributed by atoms with Crippen LogP contribution in [0.2, 0.25) is 5.02 Å². The topological polar surface area (TPSA) is 45.2 Å². The lowest BCUT2D eigenvalue weighted by Gasteiger charge is -2.20. The van der Waals surface area contributed by atoms with Crippen LogP contribution in [0.4, 0.5) is 11.4 Å². The fourth-order valence-electron chi connectivity index (χ4n) is 2.65. The van der Waals surface area contributed by atoms with E-state index in [0.717, 1.165) is 22.0 Å². The van der Waals surface area contributed by atoms with E-state index in [1.54, 1.807) is 17.2 Å². The Balaban J connectivity index is 1.68. The number of carbonyl (C=O) groups excluding carboxylic acids is 1. The maximum atomic E-state index is 12.7. The number of benzene rings is 2. The van der Waals surface area contributed by atoms with Gasteiger partial charge in [-0.25, -0.2) is 4.98 Å². The van der Waals surface area contributed by atoms with Gasteiger partial charge in [0.05, 0.1) is 11.9 Å². The Kier molecular flexibility index (Phi) is 5.87. The van der Waals surface area contributed by atoms with Gasteiger partial charge in [0.25, 0.3) is 5.91 Å². The summed E-state index contributed by atoms with van der Waals surface area (Å²) in [7, 11) is 0. The summed E-state index contributed by atoms with van der Waals surface area (Å²) >= 11 is 6.16. The molecule has 0 saturated heterocycles. The zero-order chi connectivity index (χ0) is 18.4. The number of rotatable bonds is 6. The van der Waals surface area contributed by atoms with Crippen molar-refractivity contribution in [3.05, 3.63) is 89.2 Å². The van der Waals surface area contributed by atoms with Gasteiger partial charge in [0.1, 0.15) is 5.69 Å². The minimum atomic E-state index is -0.114. The van der Waals surface area contributed by atoms with E-state index in [2.05, 4.69) is 10.3 Å². The van der Waals surface area contributed by atoms with Gasteiger partial charge in [0.2, 0.25) is 0 Å². The van der Waals surface area contributed by atoms with Crippen molar-refractivity contribution >= 4 is 28.9 Å². The number of halogens is 1. The number of amides is 1. The second-order valence-corrected chi connectivity index (χ2v) is 6.17. The molecule has 1 N–H and O–H groups in total. The molecule has 0 saturated carbocycles. The Morgan fingerprint density at radius 3 is 2.42 bits per heavy atom. The minimum absolute atomic E-state index is 0.114. The van der Waals surface area contributed by atoms with Crippen molar-refractivity contribution < 1.29 is 4.79 Å². The first-order valence-corrected chi connectivity index (χ1v) is 8.87. The number of hydrogen-bond donors (Lipinski definition) is 1. The van der Waals surface area contributed by atoms with Gasteiger partial charge in [-0.1, -0.05) is 48.0 Å². The highest BCUT2D eigenvalue weighted by atomic mass is 35.5. The molecule has 2 aromatic carbocycles. The molecule has 26 heavy (non-hydrogen) atoms. The molecule has 0 aliphatic rings. The molecule has 4 nitrogen and oxygen atoms in total. The van der Waals surface area contributed by atoms with Gasteiger partial charge in [0, 0.05) is 23.8 Å². The number of carbonyl (C=O) groups is 1. The maximum absolute atomic E-state index is 12.7. The van der Waals surface area contributed by atoms with Gasteiger partial charge in [0.15, 0.2) is 0 Å². The zero-order valence-corrected chi connectivity index (χ0v) is 15.3. The van der Waals surface area contributed by atoms with Gasteiger partial charge < -0.3 is 10.2 Å². The Morgan fingerprint density at radius 2 is 1.77 bits per heavy atom. The third-order valence-corrected chi connectivity index (χ3v) is 4.42. The molecule has 3 aromatic rings. The van der Waals surface area contributed by atoms with Crippen LogP contribution in [0, 0.1) is 0 Å². The van der Waals surface area contributed by atoms with Crippen molar-refractivity contribution in [2.24, 2.45) is 0 Å². The summed E-state index contributed by atoms with van der Waals surface area (Å²) in [4.78, 5) is 18.8. The number of nitrogens with zero attached hydrogens (tertiary/aromatic N) is 2. The molecule has 0 bridgehead atoms. The van der Waals surface area contributed by atoms with Crippen LogP contribution in [-0.4, -0.2) is 17.4 Å². The van der Waals surface area contributed by atoms with E-state index in [4.69, 9.17) is 11.6 Å². The van der Waals surface area contributed by atoms with Crippen LogP contribution in [0.3, 0.4) is 0 Å². The van der Waals surface area contributed by atoms with E-state index >= 15 is 0 Å². The smallest absolute Gasteiger partial charge is 0.276 e. The van der Waals surface area contributed by atoms with Gasteiger partial charge in [-0.2, -0.15) is 0 Å². The molecule has 0 spiro atoms. The molecule has 5 heteroatoms. The Labute approximate surface area is 158 Å². The lowest BCUT2D eigenvalue weighted by Crippen LogP contribution is -2.31. The summed E-state index contributed by atoms with van der Waals surface area (Å²) in [5, 5.41) is 3.99. The summed E-state index contributed by atoms with van der Waals surface area (Å²) in [6.45, 7) is 3.13. The van der Waals surface area contributed by atoms with Crippen LogP contribution in [0.25, 0.3) is 0 Å². The van der Waals surface area contributed by atoms with Gasteiger partial charge in [-0.3, -0.25) is 4.79 Å².